The van der Waals surface area contributed by atoms with Crippen molar-refractivity contribution in [3.63, 3.8) is 0 Å². The molecule has 174 valence electrons. The molecule has 0 unspecified atom stereocenters. The number of carbonyl (C=O) groups is 4. The second kappa shape index (κ2) is 10.3. The Labute approximate surface area is 209 Å². The molecule has 8 heteroatoms. The zero-order valence-corrected chi connectivity index (χ0v) is 20.1. The molecule has 3 aromatic carbocycles. The summed E-state index contributed by atoms with van der Waals surface area (Å²) in [6.45, 7) is 1.83. The van der Waals surface area contributed by atoms with Gasteiger partial charge < -0.3 is 4.74 Å². The van der Waals surface area contributed by atoms with Crippen molar-refractivity contribution in [3.05, 3.63) is 106 Å². The summed E-state index contributed by atoms with van der Waals surface area (Å²) in [5.74, 6) is -2.12. The van der Waals surface area contributed by atoms with Gasteiger partial charge in [-0.15, -0.1) is 0 Å². The van der Waals surface area contributed by atoms with E-state index in [9.17, 15) is 19.2 Å². The van der Waals surface area contributed by atoms with Gasteiger partial charge in [0.1, 0.15) is 11.3 Å². The molecule has 3 aromatic rings. The van der Waals surface area contributed by atoms with Gasteiger partial charge in [-0.25, -0.2) is 14.5 Å². The van der Waals surface area contributed by atoms with Gasteiger partial charge in [0.05, 0.1) is 5.69 Å². The van der Waals surface area contributed by atoms with Crippen LogP contribution in [-0.4, -0.2) is 23.8 Å². The summed E-state index contributed by atoms with van der Waals surface area (Å²) >= 11 is 3.35. The van der Waals surface area contributed by atoms with Crippen LogP contribution in [0.2, 0.25) is 0 Å². The highest BCUT2D eigenvalue weighted by Crippen LogP contribution is 2.28. The lowest BCUT2D eigenvalue weighted by atomic mass is 10.1. The van der Waals surface area contributed by atoms with Gasteiger partial charge in [-0.05, 0) is 60.5 Å². The van der Waals surface area contributed by atoms with Crippen LogP contribution >= 0.6 is 15.9 Å². The van der Waals surface area contributed by atoms with E-state index in [1.54, 1.807) is 42.5 Å². The average molecular weight is 531 g/mol. The largest absolute Gasteiger partial charge is 0.423 e. The third-order valence-electron chi connectivity index (χ3n) is 5.06. The number of anilines is 1. The van der Waals surface area contributed by atoms with Crippen molar-refractivity contribution >= 4 is 57.6 Å². The maximum absolute atomic E-state index is 13.2. The molecular formula is C27H19BrN2O5. The van der Waals surface area contributed by atoms with E-state index < -0.39 is 23.8 Å². The van der Waals surface area contributed by atoms with Crippen molar-refractivity contribution in [1.29, 1.82) is 0 Å². The van der Waals surface area contributed by atoms with Gasteiger partial charge >= 0.3 is 12.0 Å². The molecule has 1 N–H and O–H groups in total. The molecule has 0 saturated carbocycles. The van der Waals surface area contributed by atoms with Crippen molar-refractivity contribution in [2.75, 3.05) is 4.90 Å². The monoisotopic (exact) mass is 530 g/mol. The van der Waals surface area contributed by atoms with E-state index in [0.29, 0.717) is 15.7 Å². The summed E-state index contributed by atoms with van der Waals surface area (Å²) in [4.78, 5) is 51.5. The van der Waals surface area contributed by atoms with Crippen molar-refractivity contribution in [2.45, 2.75) is 6.92 Å². The third kappa shape index (κ3) is 5.62. The number of barbiturate groups is 1. The number of hydrogen-bond acceptors (Lipinski definition) is 5. The topological polar surface area (TPSA) is 92.8 Å². The number of rotatable bonds is 5. The van der Waals surface area contributed by atoms with Crippen LogP contribution in [0.3, 0.4) is 0 Å². The Hall–Kier alpha value is -4.30. The molecule has 1 aliphatic rings. The first-order valence-electron chi connectivity index (χ1n) is 10.5. The molecule has 1 saturated heterocycles. The summed E-state index contributed by atoms with van der Waals surface area (Å²) in [7, 11) is 0. The number of halogens is 1. The molecule has 1 heterocycles. The molecule has 0 aliphatic carbocycles. The number of benzene rings is 3. The Morgan fingerprint density at radius 1 is 0.971 bits per heavy atom. The number of amides is 4. The zero-order chi connectivity index (χ0) is 24.9. The van der Waals surface area contributed by atoms with E-state index in [4.69, 9.17) is 4.74 Å². The minimum Gasteiger partial charge on any atom is -0.423 e. The smallest absolute Gasteiger partial charge is 0.336 e. The second-order valence-electron chi connectivity index (χ2n) is 7.64. The number of aryl methyl sites for hydroxylation is 1. The first-order valence-corrected chi connectivity index (χ1v) is 11.3. The SMILES string of the molecule is Cc1cccc(N2C(=O)NC(=O)/C(=C/c3cc(Br)ccc3OC(=O)/C=C/c3ccccc3)C2=O)c1. The highest BCUT2D eigenvalue weighted by molar-refractivity contribution is 9.10. The lowest BCUT2D eigenvalue weighted by Gasteiger charge is -2.26. The maximum atomic E-state index is 13.2. The van der Waals surface area contributed by atoms with Gasteiger partial charge in [0.2, 0.25) is 0 Å². The molecule has 4 amide bonds. The fourth-order valence-corrected chi connectivity index (χ4v) is 3.79. The fourth-order valence-electron chi connectivity index (χ4n) is 3.41. The van der Waals surface area contributed by atoms with Crippen LogP contribution in [-0.2, 0) is 14.4 Å². The van der Waals surface area contributed by atoms with Crippen LogP contribution in [0.25, 0.3) is 12.2 Å². The van der Waals surface area contributed by atoms with Crippen LogP contribution in [0.4, 0.5) is 10.5 Å². The quantitative estimate of drug-likeness (QED) is 0.216. The lowest BCUT2D eigenvalue weighted by molar-refractivity contribution is -0.129. The lowest BCUT2D eigenvalue weighted by Crippen LogP contribution is -2.54. The molecule has 0 radical (unpaired) electrons. The van der Waals surface area contributed by atoms with Crippen LogP contribution in [0.5, 0.6) is 5.75 Å². The summed E-state index contributed by atoms with van der Waals surface area (Å²) in [5, 5.41) is 2.19. The van der Waals surface area contributed by atoms with E-state index in [1.165, 1.54) is 12.2 Å². The highest BCUT2D eigenvalue weighted by atomic mass is 79.9. The molecule has 35 heavy (non-hydrogen) atoms. The number of nitrogens with one attached hydrogen (secondary N) is 1. The minimum atomic E-state index is -0.842. The molecule has 0 bridgehead atoms. The number of carbonyl (C=O) groups excluding carboxylic acids is 4. The molecule has 1 fully saturated rings. The van der Waals surface area contributed by atoms with Gasteiger partial charge in [0.25, 0.3) is 11.8 Å². The summed E-state index contributed by atoms with van der Waals surface area (Å²) in [6, 6.07) is 20.0. The Kier molecular flexibility index (Phi) is 7.03. The van der Waals surface area contributed by atoms with Crippen molar-refractivity contribution < 1.29 is 23.9 Å². The molecule has 0 spiro atoms. The van der Waals surface area contributed by atoms with E-state index >= 15 is 0 Å². The van der Waals surface area contributed by atoms with Crippen molar-refractivity contribution in [1.82, 2.24) is 5.32 Å². The average Bonchev–Trinajstić information content (AvgIpc) is 2.82. The number of ether oxygens (including phenoxy) is 1. The van der Waals surface area contributed by atoms with Crippen LogP contribution in [0, 0.1) is 6.92 Å². The Balaban J connectivity index is 1.65. The first kappa shape index (κ1) is 23.8. The third-order valence-corrected chi connectivity index (χ3v) is 5.55. The summed E-state index contributed by atoms with van der Waals surface area (Å²) in [5.41, 5.74) is 2.03. The van der Waals surface area contributed by atoms with Crippen LogP contribution < -0.4 is 15.0 Å². The number of imide groups is 2. The molecule has 0 aromatic heterocycles. The fraction of sp³-hybridized carbons (Fsp3) is 0.0370. The van der Waals surface area contributed by atoms with Crippen LogP contribution in [0.15, 0.2) is 88.9 Å². The predicted octanol–water partition coefficient (Wildman–Crippen LogP) is 5.04. The summed E-state index contributed by atoms with van der Waals surface area (Å²) < 4.78 is 6.11. The minimum absolute atomic E-state index is 0.142. The highest BCUT2D eigenvalue weighted by Gasteiger charge is 2.37. The van der Waals surface area contributed by atoms with Gasteiger partial charge in [0.15, 0.2) is 0 Å². The first-order chi connectivity index (χ1) is 16.8. The molecular weight excluding hydrogens is 512 g/mol. The standard InChI is InChI=1S/C27H19BrN2O5/c1-17-6-5-9-21(14-17)30-26(33)22(25(32)29-27(30)34)16-19-15-20(28)11-12-23(19)35-24(31)13-10-18-7-3-2-4-8-18/h2-16H,1H3,(H,29,32,34)/b13-10+,22-16-. The van der Waals surface area contributed by atoms with Gasteiger partial charge in [-0.2, -0.15) is 0 Å². The molecule has 7 nitrogen and oxygen atoms in total. The Bertz CT molecular complexity index is 1400. The van der Waals surface area contributed by atoms with Gasteiger partial charge in [-0.3, -0.25) is 14.9 Å². The normalized spacial score (nSPS) is 15.0. The van der Waals surface area contributed by atoms with Crippen molar-refractivity contribution in [2.24, 2.45) is 0 Å². The van der Waals surface area contributed by atoms with Crippen LogP contribution in [0.1, 0.15) is 16.7 Å². The summed E-state index contributed by atoms with van der Waals surface area (Å²) in [6.07, 6.45) is 4.19. The zero-order valence-electron chi connectivity index (χ0n) is 18.5. The van der Waals surface area contributed by atoms with E-state index in [-0.39, 0.29) is 11.3 Å². The van der Waals surface area contributed by atoms with Gasteiger partial charge in [0, 0.05) is 16.1 Å². The molecule has 0 atom stereocenters. The Morgan fingerprint density at radius 2 is 1.74 bits per heavy atom. The second-order valence-corrected chi connectivity index (χ2v) is 8.56. The van der Waals surface area contributed by atoms with E-state index in [0.717, 1.165) is 16.0 Å². The predicted molar refractivity (Wildman–Crippen MR) is 135 cm³/mol. The van der Waals surface area contributed by atoms with Gasteiger partial charge in [-0.1, -0.05) is 58.4 Å². The number of hydrogen-bond donors (Lipinski definition) is 1. The number of urea groups is 1. The number of esters is 1. The molecule has 1 aliphatic heterocycles. The van der Waals surface area contributed by atoms with E-state index in [2.05, 4.69) is 21.2 Å². The van der Waals surface area contributed by atoms with Crippen molar-refractivity contribution in [3.8, 4) is 5.75 Å². The molecule has 4 rings (SSSR count). The van der Waals surface area contributed by atoms with E-state index in [1.807, 2.05) is 43.3 Å². The number of nitrogens with zero attached hydrogens (tertiary/aromatic N) is 1. The Morgan fingerprint density at radius 3 is 2.49 bits per heavy atom. The maximum Gasteiger partial charge on any atom is 0.336 e.